The monoisotopic (exact) mass is 354 g/mol. The molecule has 138 valence electrons. The first kappa shape index (κ1) is 16.5. The molecule has 4 heteroatoms. The molecule has 6 atom stereocenters. The van der Waals surface area contributed by atoms with Gasteiger partial charge >= 0.3 is 5.97 Å². The van der Waals surface area contributed by atoms with Crippen molar-refractivity contribution in [3.8, 4) is 0 Å². The molecule has 0 spiro atoms. The molecule has 2 saturated heterocycles. The van der Waals surface area contributed by atoms with E-state index in [0.717, 1.165) is 6.42 Å². The predicted octanol–water partition coefficient (Wildman–Crippen LogP) is 3.74. The van der Waals surface area contributed by atoms with Crippen LogP contribution in [0.1, 0.15) is 69.9 Å². The van der Waals surface area contributed by atoms with Gasteiger partial charge in [-0.25, -0.2) is 4.79 Å². The Hall–Kier alpha value is -1.68. The Bertz CT molecular complexity index is 822. The molecule has 0 amide bonds. The molecule has 1 saturated carbocycles. The second-order valence-electron chi connectivity index (χ2n) is 9.70. The molecule has 4 bridgehead atoms. The Morgan fingerprint density at radius 2 is 1.77 bits per heavy atom. The zero-order valence-electron chi connectivity index (χ0n) is 15.9. The van der Waals surface area contributed by atoms with Gasteiger partial charge in [0.05, 0.1) is 5.60 Å². The summed E-state index contributed by atoms with van der Waals surface area (Å²) in [5.74, 6) is 0.137. The lowest BCUT2D eigenvalue weighted by molar-refractivity contribution is -0.203. The second kappa shape index (κ2) is 4.78. The summed E-state index contributed by atoms with van der Waals surface area (Å²) in [5.41, 5.74) is 0.203. The van der Waals surface area contributed by atoms with Gasteiger partial charge in [0.15, 0.2) is 5.78 Å². The number of ketones is 1. The molecule has 2 heterocycles. The Morgan fingerprint density at radius 1 is 1.15 bits per heavy atom. The highest BCUT2D eigenvalue weighted by Gasteiger charge is 2.77. The number of hydrogen-bond donors (Lipinski definition) is 0. The van der Waals surface area contributed by atoms with E-state index in [-0.39, 0.29) is 23.5 Å². The van der Waals surface area contributed by atoms with Crippen molar-refractivity contribution in [1.82, 2.24) is 0 Å². The van der Waals surface area contributed by atoms with E-state index in [2.05, 4.69) is 31.2 Å². The highest BCUT2D eigenvalue weighted by molar-refractivity contribution is 6.09. The first-order chi connectivity index (χ1) is 12.2. The molecule has 0 aromatic heterocycles. The largest absolute Gasteiger partial charge is 0.457 e. The lowest BCUT2D eigenvalue weighted by Crippen LogP contribution is -2.57. The van der Waals surface area contributed by atoms with Crippen LogP contribution in [0, 0.1) is 11.8 Å². The number of carbonyl (C=O) groups excluding carboxylic acids is 2. The third kappa shape index (κ3) is 1.84. The van der Waals surface area contributed by atoms with Crippen LogP contribution in [0.15, 0.2) is 24.3 Å². The van der Waals surface area contributed by atoms with E-state index in [0.29, 0.717) is 18.8 Å². The smallest absolute Gasteiger partial charge is 0.347 e. The van der Waals surface area contributed by atoms with E-state index in [4.69, 9.17) is 9.47 Å². The average Bonchev–Trinajstić information content (AvgIpc) is 3.18. The maximum absolute atomic E-state index is 13.3. The number of fused-ring (bicyclic) bond motifs is 12. The number of Topliss-reactive ketones (excluding diaryl/α,β-unsaturated/α-hetero) is 1. The van der Waals surface area contributed by atoms with Gasteiger partial charge in [0, 0.05) is 18.3 Å². The van der Waals surface area contributed by atoms with Gasteiger partial charge in [-0.2, -0.15) is 0 Å². The van der Waals surface area contributed by atoms with Gasteiger partial charge in [0.1, 0.15) is 5.60 Å². The first-order valence-electron chi connectivity index (χ1n) is 9.73. The van der Waals surface area contributed by atoms with Crippen molar-refractivity contribution in [3.63, 3.8) is 0 Å². The number of hydrogen-bond acceptors (Lipinski definition) is 4. The van der Waals surface area contributed by atoms with Crippen molar-refractivity contribution in [2.75, 3.05) is 0 Å². The van der Waals surface area contributed by atoms with Crippen LogP contribution in [-0.2, 0) is 19.1 Å². The minimum absolute atomic E-state index is 0.0817. The summed E-state index contributed by atoms with van der Waals surface area (Å²) in [4.78, 5) is 26.5. The molecule has 0 N–H and O–H groups in total. The number of carbonyl (C=O) groups is 2. The van der Waals surface area contributed by atoms with E-state index in [1.807, 2.05) is 20.8 Å². The van der Waals surface area contributed by atoms with Crippen molar-refractivity contribution in [2.45, 2.75) is 75.6 Å². The van der Waals surface area contributed by atoms with E-state index in [1.165, 1.54) is 11.1 Å². The van der Waals surface area contributed by atoms with E-state index in [9.17, 15) is 9.59 Å². The van der Waals surface area contributed by atoms with Gasteiger partial charge in [-0.3, -0.25) is 4.79 Å². The molecule has 4 nitrogen and oxygen atoms in total. The molecular weight excluding hydrogens is 328 g/mol. The Morgan fingerprint density at radius 3 is 2.38 bits per heavy atom. The maximum atomic E-state index is 13.3. The quantitative estimate of drug-likeness (QED) is 0.569. The van der Waals surface area contributed by atoms with Crippen LogP contribution in [0.4, 0.5) is 0 Å². The molecule has 1 aromatic carbocycles. The highest BCUT2D eigenvalue weighted by Crippen LogP contribution is 2.72. The van der Waals surface area contributed by atoms with Crippen LogP contribution in [-0.4, -0.2) is 28.6 Å². The van der Waals surface area contributed by atoms with Gasteiger partial charge in [-0.15, -0.1) is 0 Å². The molecule has 3 fully saturated rings. The molecule has 2 aliphatic carbocycles. The van der Waals surface area contributed by atoms with Crippen molar-refractivity contribution in [3.05, 3.63) is 35.4 Å². The van der Waals surface area contributed by atoms with Gasteiger partial charge in [-0.05, 0) is 63.5 Å². The summed E-state index contributed by atoms with van der Waals surface area (Å²) in [6, 6.07) is 8.52. The number of rotatable bonds is 1. The fourth-order valence-corrected chi connectivity index (χ4v) is 6.39. The van der Waals surface area contributed by atoms with E-state index in [1.54, 1.807) is 0 Å². The van der Waals surface area contributed by atoms with Crippen LogP contribution in [0.3, 0.4) is 0 Å². The molecular formula is C22H26O4. The molecule has 5 rings (SSSR count). The van der Waals surface area contributed by atoms with Crippen LogP contribution >= 0.6 is 0 Å². The SMILES string of the molecule is CC(C)(C)OC(=O)[C@]12O[C@](C)(CCC1=O)[C@@H]1[C@H]2[C@@H]2C[C@H]1c1ccccc12. The summed E-state index contributed by atoms with van der Waals surface area (Å²) in [6.07, 6.45) is 2.12. The van der Waals surface area contributed by atoms with Crippen LogP contribution in [0.2, 0.25) is 0 Å². The number of benzene rings is 1. The number of esters is 1. The second-order valence-corrected chi connectivity index (χ2v) is 9.70. The predicted molar refractivity (Wildman–Crippen MR) is 95.8 cm³/mol. The van der Waals surface area contributed by atoms with Crippen molar-refractivity contribution >= 4 is 11.8 Å². The molecule has 0 radical (unpaired) electrons. The first-order valence-corrected chi connectivity index (χ1v) is 9.73. The van der Waals surface area contributed by atoms with E-state index >= 15 is 0 Å². The zero-order chi connectivity index (χ0) is 18.5. The van der Waals surface area contributed by atoms with Crippen molar-refractivity contribution < 1.29 is 19.1 Å². The molecule has 1 aromatic rings. The van der Waals surface area contributed by atoms with Crippen LogP contribution < -0.4 is 0 Å². The summed E-state index contributed by atoms with van der Waals surface area (Å²) >= 11 is 0. The minimum Gasteiger partial charge on any atom is -0.457 e. The Labute approximate surface area is 154 Å². The lowest BCUT2D eigenvalue weighted by Gasteiger charge is -2.39. The van der Waals surface area contributed by atoms with Crippen molar-refractivity contribution in [2.24, 2.45) is 11.8 Å². The topological polar surface area (TPSA) is 52.6 Å². The number of ether oxygens (including phenoxy) is 2. The summed E-state index contributed by atoms with van der Waals surface area (Å²) in [5, 5.41) is 0. The van der Waals surface area contributed by atoms with Gasteiger partial charge < -0.3 is 9.47 Å². The highest BCUT2D eigenvalue weighted by atomic mass is 16.6. The van der Waals surface area contributed by atoms with Gasteiger partial charge in [-0.1, -0.05) is 24.3 Å². The molecule has 26 heavy (non-hydrogen) atoms. The normalized spacial score (nSPS) is 42.5. The third-order valence-electron chi connectivity index (χ3n) is 7.09. The molecule has 0 unspecified atom stereocenters. The van der Waals surface area contributed by atoms with E-state index < -0.39 is 22.8 Å². The standard InChI is InChI=1S/C22H26O4/c1-20(2,3)25-19(24)22-16(23)9-10-21(4,26-22)17-14-11-15(18(17)22)13-8-6-5-7-12(13)14/h5-8,14-15,17-18H,9-11H2,1-4H3/t14-,15+,17-,18+,21+,22-/m0/s1. The van der Waals surface area contributed by atoms with Gasteiger partial charge in [0.2, 0.25) is 5.60 Å². The average molecular weight is 354 g/mol. The zero-order valence-corrected chi connectivity index (χ0v) is 15.9. The van der Waals surface area contributed by atoms with Crippen LogP contribution in [0.25, 0.3) is 0 Å². The molecule has 4 aliphatic rings. The minimum atomic E-state index is -1.42. The maximum Gasteiger partial charge on any atom is 0.347 e. The third-order valence-corrected chi connectivity index (χ3v) is 7.09. The summed E-state index contributed by atoms with van der Waals surface area (Å²) in [6.45, 7) is 7.64. The Balaban J connectivity index is 1.67. The Kier molecular flexibility index (Phi) is 3.03. The van der Waals surface area contributed by atoms with Gasteiger partial charge in [0.25, 0.3) is 0 Å². The van der Waals surface area contributed by atoms with Crippen LogP contribution in [0.5, 0.6) is 0 Å². The van der Waals surface area contributed by atoms with Crippen molar-refractivity contribution in [1.29, 1.82) is 0 Å². The fourth-order valence-electron chi connectivity index (χ4n) is 6.39. The lowest BCUT2D eigenvalue weighted by atomic mass is 9.66. The summed E-state index contributed by atoms with van der Waals surface area (Å²) < 4.78 is 12.2. The fraction of sp³-hybridized carbons (Fsp3) is 0.636. The molecule has 2 aliphatic heterocycles. The summed E-state index contributed by atoms with van der Waals surface area (Å²) in [7, 11) is 0.